The minimum absolute atomic E-state index is 0.107. The fourth-order valence-electron chi connectivity index (χ4n) is 3.15. The van der Waals surface area contributed by atoms with Gasteiger partial charge >= 0.3 is 0 Å². The fourth-order valence-corrected chi connectivity index (χ4v) is 4.05. The van der Waals surface area contributed by atoms with E-state index in [-0.39, 0.29) is 17.9 Å². The van der Waals surface area contributed by atoms with Gasteiger partial charge in [0.25, 0.3) is 5.91 Å². The van der Waals surface area contributed by atoms with Gasteiger partial charge in [-0.25, -0.2) is 0 Å². The molecule has 1 aromatic rings. The van der Waals surface area contributed by atoms with Crippen LogP contribution in [0.3, 0.4) is 0 Å². The normalized spacial score (nSPS) is 22.0. The Morgan fingerprint density at radius 1 is 1.30 bits per heavy atom. The van der Waals surface area contributed by atoms with Crippen LogP contribution >= 0.6 is 11.8 Å². The van der Waals surface area contributed by atoms with Crippen molar-refractivity contribution in [1.29, 1.82) is 0 Å². The summed E-state index contributed by atoms with van der Waals surface area (Å²) in [5.74, 6) is 2.25. The molecule has 0 spiro atoms. The van der Waals surface area contributed by atoms with Crippen LogP contribution in [0, 0.1) is 0 Å². The highest BCUT2D eigenvalue weighted by molar-refractivity contribution is 7.99. The zero-order chi connectivity index (χ0) is 16.4. The van der Waals surface area contributed by atoms with Crippen molar-refractivity contribution in [2.45, 2.75) is 38.6 Å². The number of thioether (sulfide) groups is 1. The van der Waals surface area contributed by atoms with E-state index in [1.165, 1.54) is 0 Å². The van der Waals surface area contributed by atoms with Gasteiger partial charge in [-0.3, -0.25) is 14.7 Å². The molecule has 23 heavy (non-hydrogen) atoms. The predicted octanol–water partition coefficient (Wildman–Crippen LogP) is 1.71. The first-order valence-electron chi connectivity index (χ1n) is 8.30. The maximum Gasteiger partial charge on any atom is 0.275 e. The van der Waals surface area contributed by atoms with Crippen LogP contribution in [-0.2, 0) is 4.79 Å². The SMILES string of the molecule is CC(C)c1cc(C(=O)N2CCC[C@H]2C(=O)N2CCSCC2)n[nH]1. The molecule has 0 aromatic carbocycles. The maximum atomic E-state index is 12.8. The smallest absolute Gasteiger partial charge is 0.275 e. The third kappa shape index (κ3) is 3.39. The molecule has 0 aliphatic carbocycles. The number of aromatic nitrogens is 2. The van der Waals surface area contributed by atoms with Crippen molar-refractivity contribution >= 4 is 23.6 Å². The quantitative estimate of drug-likeness (QED) is 0.912. The molecule has 7 heteroatoms. The second-order valence-corrected chi connectivity index (χ2v) is 7.68. The molecule has 2 saturated heterocycles. The summed E-state index contributed by atoms with van der Waals surface area (Å²) in [6, 6.07) is 1.49. The summed E-state index contributed by atoms with van der Waals surface area (Å²) in [5, 5.41) is 7.07. The summed E-state index contributed by atoms with van der Waals surface area (Å²) in [5.41, 5.74) is 1.37. The molecule has 0 bridgehead atoms. The number of aromatic amines is 1. The van der Waals surface area contributed by atoms with Gasteiger partial charge in [-0.1, -0.05) is 13.8 Å². The molecule has 0 saturated carbocycles. The highest BCUT2D eigenvalue weighted by Crippen LogP contribution is 2.23. The van der Waals surface area contributed by atoms with E-state index in [9.17, 15) is 9.59 Å². The largest absolute Gasteiger partial charge is 0.339 e. The second-order valence-electron chi connectivity index (χ2n) is 6.46. The topological polar surface area (TPSA) is 69.3 Å². The number of hydrogen-bond acceptors (Lipinski definition) is 4. The maximum absolute atomic E-state index is 12.8. The highest BCUT2D eigenvalue weighted by atomic mass is 32.2. The number of rotatable bonds is 3. The Labute approximate surface area is 141 Å². The van der Waals surface area contributed by atoms with Gasteiger partial charge in [0.2, 0.25) is 5.91 Å². The molecule has 3 rings (SSSR count). The minimum atomic E-state index is -0.315. The average Bonchev–Trinajstić information content (AvgIpc) is 3.23. The standard InChI is InChI=1S/C16H24N4O2S/c1-11(2)12-10-13(18-17-12)15(21)20-5-3-4-14(20)16(22)19-6-8-23-9-7-19/h10-11,14H,3-9H2,1-2H3,(H,17,18)/t14-/m0/s1. The Kier molecular flexibility index (Phi) is 4.94. The number of nitrogens with zero attached hydrogens (tertiary/aromatic N) is 3. The fraction of sp³-hybridized carbons (Fsp3) is 0.688. The van der Waals surface area contributed by atoms with Crippen molar-refractivity contribution in [1.82, 2.24) is 20.0 Å². The third-order valence-corrected chi connectivity index (χ3v) is 5.50. The Balaban J connectivity index is 1.72. The van der Waals surface area contributed by atoms with E-state index in [0.29, 0.717) is 18.2 Å². The van der Waals surface area contributed by atoms with E-state index in [4.69, 9.17) is 0 Å². The van der Waals surface area contributed by atoms with Crippen LogP contribution in [0.5, 0.6) is 0 Å². The van der Waals surface area contributed by atoms with E-state index in [0.717, 1.165) is 43.1 Å². The molecule has 2 aliphatic heterocycles. The molecule has 2 aliphatic rings. The Hall–Kier alpha value is -1.50. The van der Waals surface area contributed by atoms with Crippen LogP contribution in [-0.4, -0.2) is 69.0 Å². The zero-order valence-corrected chi connectivity index (χ0v) is 14.6. The van der Waals surface area contributed by atoms with Crippen molar-refractivity contribution in [3.8, 4) is 0 Å². The first-order chi connectivity index (χ1) is 11.1. The van der Waals surface area contributed by atoms with Crippen LogP contribution < -0.4 is 0 Å². The van der Waals surface area contributed by atoms with Crippen LogP contribution in [0.25, 0.3) is 0 Å². The molecule has 6 nitrogen and oxygen atoms in total. The molecular weight excluding hydrogens is 312 g/mol. The minimum Gasteiger partial charge on any atom is -0.339 e. The summed E-state index contributed by atoms with van der Waals surface area (Å²) in [6.07, 6.45) is 1.64. The lowest BCUT2D eigenvalue weighted by Crippen LogP contribution is -2.50. The van der Waals surface area contributed by atoms with Gasteiger partial charge in [0, 0.05) is 36.8 Å². The van der Waals surface area contributed by atoms with Gasteiger partial charge in [-0.2, -0.15) is 16.9 Å². The van der Waals surface area contributed by atoms with Crippen LogP contribution in [0.15, 0.2) is 6.07 Å². The number of amides is 2. The van der Waals surface area contributed by atoms with Gasteiger partial charge in [-0.05, 0) is 24.8 Å². The van der Waals surface area contributed by atoms with Gasteiger partial charge in [0.05, 0.1) is 0 Å². The molecule has 2 fully saturated rings. The van der Waals surface area contributed by atoms with Gasteiger partial charge in [0.1, 0.15) is 11.7 Å². The number of H-pyrrole nitrogens is 1. The van der Waals surface area contributed by atoms with Crippen molar-refractivity contribution in [2.75, 3.05) is 31.1 Å². The first kappa shape index (κ1) is 16.4. The lowest BCUT2D eigenvalue weighted by Gasteiger charge is -2.32. The number of nitrogens with one attached hydrogen (secondary N) is 1. The summed E-state index contributed by atoms with van der Waals surface area (Å²) in [6.45, 7) is 6.34. The Bertz CT molecular complexity index is 580. The zero-order valence-electron chi connectivity index (χ0n) is 13.7. The summed E-state index contributed by atoms with van der Waals surface area (Å²) < 4.78 is 0. The van der Waals surface area contributed by atoms with Crippen molar-refractivity contribution < 1.29 is 9.59 Å². The monoisotopic (exact) mass is 336 g/mol. The molecular formula is C16H24N4O2S. The van der Waals surface area contributed by atoms with Crippen LogP contribution in [0.2, 0.25) is 0 Å². The van der Waals surface area contributed by atoms with E-state index in [1.54, 1.807) is 4.90 Å². The molecule has 0 unspecified atom stereocenters. The van der Waals surface area contributed by atoms with Crippen LogP contribution in [0.1, 0.15) is 48.8 Å². The Morgan fingerprint density at radius 3 is 2.70 bits per heavy atom. The lowest BCUT2D eigenvalue weighted by molar-refractivity contribution is -0.134. The predicted molar refractivity (Wildman–Crippen MR) is 90.6 cm³/mol. The van der Waals surface area contributed by atoms with Crippen molar-refractivity contribution in [3.63, 3.8) is 0 Å². The van der Waals surface area contributed by atoms with Crippen molar-refractivity contribution in [2.24, 2.45) is 0 Å². The number of carbonyl (C=O) groups excluding carboxylic acids is 2. The van der Waals surface area contributed by atoms with E-state index < -0.39 is 0 Å². The Morgan fingerprint density at radius 2 is 2.04 bits per heavy atom. The molecule has 1 N–H and O–H groups in total. The molecule has 3 heterocycles. The number of carbonyl (C=O) groups is 2. The number of hydrogen-bond donors (Lipinski definition) is 1. The van der Waals surface area contributed by atoms with Crippen LogP contribution in [0.4, 0.5) is 0 Å². The van der Waals surface area contributed by atoms with Gasteiger partial charge in [0.15, 0.2) is 0 Å². The molecule has 0 radical (unpaired) electrons. The lowest BCUT2D eigenvalue weighted by atomic mass is 10.1. The summed E-state index contributed by atoms with van der Waals surface area (Å²) >= 11 is 1.88. The number of likely N-dealkylation sites (tertiary alicyclic amines) is 1. The molecule has 1 aromatic heterocycles. The average molecular weight is 336 g/mol. The third-order valence-electron chi connectivity index (χ3n) is 4.56. The van der Waals surface area contributed by atoms with E-state index in [2.05, 4.69) is 24.0 Å². The highest BCUT2D eigenvalue weighted by Gasteiger charge is 2.37. The second kappa shape index (κ2) is 6.95. The molecule has 2 amide bonds. The van der Waals surface area contributed by atoms with E-state index >= 15 is 0 Å². The van der Waals surface area contributed by atoms with Gasteiger partial charge < -0.3 is 9.80 Å². The first-order valence-corrected chi connectivity index (χ1v) is 9.46. The van der Waals surface area contributed by atoms with Crippen molar-refractivity contribution in [3.05, 3.63) is 17.5 Å². The molecule has 1 atom stereocenters. The molecule has 126 valence electrons. The summed E-state index contributed by atoms with van der Waals surface area (Å²) in [4.78, 5) is 29.1. The van der Waals surface area contributed by atoms with E-state index in [1.807, 2.05) is 22.7 Å². The summed E-state index contributed by atoms with van der Waals surface area (Å²) in [7, 11) is 0. The van der Waals surface area contributed by atoms with Gasteiger partial charge in [-0.15, -0.1) is 0 Å².